The van der Waals surface area contributed by atoms with E-state index in [0.717, 1.165) is 28.3 Å². The highest BCUT2D eigenvalue weighted by atomic mass is 16.5. The van der Waals surface area contributed by atoms with Crippen LogP contribution in [-0.2, 0) is 13.1 Å². The minimum Gasteiger partial charge on any atom is -0.496 e. The van der Waals surface area contributed by atoms with Gasteiger partial charge in [-0.05, 0) is 19.1 Å². The summed E-state index contributed by atoms with van der Waals surface area (Å²) in [5.41, 5.74) is 2.62. The number of ether oxygens (including phenoxy) is 2. The van der Waals surface area contributed by atoms with Crippen LogP contribution in [0.2, 0.25) is 0 Å². The second-order valence-corrected chi connectivity index (χ2v) is 5.48. The molecule has 118 valence electrons. The summed E-state index contributed by atoms with van der Waals surface area (Å²) in [4.78, 5) is 2.11. The van der Waals surface area contributed by atoms with Crippen LogP contribution in [0.3, 0.4) is 0 Å². The van der Waals surface area contributed by atoms with Gasteiger partial charge in [0.15, 0.2) is 5.76 Å². The highest BCUT2D eigenvalue weighted by Gasteiger charge is 2.30. The molecule has 0 aliphatic carbocycles. The maximum atomic E-state index is 10.5. The van der Waals surface area contributed by atoms with Crippen LogP contribution in [0.1, 0.15) is 28.7 Å². The molecule has 1 aliphatic rings. The number of aromatic nitrogens is 1. The van der Waals surface area contributed by atoms with Gasteiger partial charge >= 0.3 is 0 Å². The SMILES string of the molecule is COc1ccc(OC)c2c1CN(Cc1cc(C)no1)C[C@H]2O. The molecule has 0 spiro atoms. The first-order valence-corrected chi connectivity index (χ1v) is 7.18. The van der Waals surface area contributed by atoms with Gasteiger partial charge in [0.25, 0.3) is 0 Å². The molecule has 22 heavy (non-hydrogen) atoms. The van der Waals surface area contributed by atoms with Crippen molar-refractivity contribution in [1.29, 1.82) is 0 Å². The van der Waals surface area contributed by atoms with Gasteiger partial charge in [0, 0.05) is 30.3 Å². The van der Waals surface area contributed by atoms with E-state index in [2.05, 4.69) is 10.1 Å². The summed E-state index contributed by atoms with van der Waals surface area (Å²) in [6.45, 7) is 3.65. The van der Waals surface area contributed by atoms with Gasteiger partial charge in [0.2, 0.25) is 0 Å². The molecule has 1 aromatic heterocycles. The summed E-state index contributed by atoms with van der Waals surface area (Å²) in [7, 11) is 3.24. The van der Waals surface area contributed by atoms with Gasteiger partial charge in [-0.3, -0.25) is 4.90 Å². The summed E-state index contributed by atoms with van der Waals surface area (Å²) >= 11 is 0. The Morgan fingerprint density at radius 1 is 1.32 bits per heavy atom. The fourth-order valence-corrected chi connectivity index (χ4v) is 2.98. The zero-order valence-electron chi connectivity index (χ0n) is 13.0. The Kier molecular flexibility index (Phi) is 4.04. The molecule has 1 N–H and O–H groups in total. The lowest BCUT2D eigenvalue weighted by Crippen LogP contribution is -2.33. The lowest BCUT2D eigenvalue weighted by atomic mass is 9.95. The minimum absolute atomic E-state index is 0.510. The van der Waals surface area contributed by atoms with Crippen molar-refractivity contribution in [1.82, 2.24) is 10.1 Å². The van der Waals surface area contributed by atoms with E-state index in [1.807, 2.05) is 25.1 Å². The molecule has 0 saturated carbocycles. The second-order valence-electron chi connectivity index (χ2n) is 5.48. The molecular weight excluding hydrogens is 284 g/mol. The van der Waals surface area contributed by atoms with Crippen molar-refractivity contribution in [3.8, 4) is 11.5 Å². The van der Waals surface area contributed by atoms with Crippen molar-refractivity contribution in [2.75, 3.05) is 20.8 Å². The number of aliphatic hydroxyl groups is 1. The summed E-state index contributed by atoms with van der Waals surface area (Å²) < 4.78 is 16.1. The molecule has 2 heterocycles. The quantitative estimate of drug-likeness (QED) is 0.932. The second kappa shape index (κ2) is 5.98. The van der Waals surface area contributed by atoms with Crippen molar-refractivity contribution >= 4 is 0 Å². The molecule has 1 atom stereocenters. The van der Waals surface area contributed by atoms with Crippen molar-refractivity contribution < 1.29 is 19.1 Å². The Bertz CT molecular complexity index is 668. The number of methoxy groups -OCH3 is 2. The number of hydrogen-bond donors (Lipinski definition) is 1. The van der Waals surface area contributed by atoms with Crippen LogP contribution in [0.4, 0.5) is 0 Å². The smallest absolute Gasteiger partial charge is 0.150 e. The average Bonchev–Trinajstić information content (AvgIpc) is 2.91. The molecular formula is C16H20N2O4. The van der Waals surface area contributed by atoms with E-state index >= 15 is 0 Å². The first kappa shape index (κ1) is 14.9. The predicted molar refractivity (Wildman–Crippen MR) is 79.9 cm³/mol. The molecule has 0 saturated heterocycles. The number of benzene rings is 1. The molecule has 1 aliphatic heterocycles. The third-order valence-corrected chi connectivity index (χ3v) is 3.92. The zero-order valence-corrected chi connectivity index (χ0v) is 13.0. The standard InChI is InChI=1S/C16H20N2O4/c1-10-6-11(22-17-10)7-18-8-12-14(20-2)4-5-15(21-3)16(12)13(19)9-18/h4-6,13,19H,7-9H2,1-3H3/t13-/m1/s1. The van der Waals surface area contributed by atoms with E-state index in [1.165, 1.54) is 0 Å². The van der Waals surface area contributed by atoms with Gasteiger partial charge < -0.3 is 19.1 Å². The Hall–Kier alpha value is -2.05. The van der Waals surface area contributed by atoms with E-state index in [-0.39, 0.29) is 0 Å². The normalized spacial score (nSPS) is 18.1. The van der Waals surface area contributed by atoms with Crippen molar-refractivity contribution in [2.24, 2.45) is 0 Å². The number of fused-ring (bicyclic) bond motifs is 1. The number of β-amino-alcohol motifs (C(OH)–C–C–N with tert-alkyl or cyclic N) is 1. The Balaban J connectivity index is 1.90. The molecule has 6 nitrogen and oxygen atoms in total. The monoisotopic (exact) mass is 304 g/mol. The first-order chi connectivity index (χ1) is 10.6. The molecule has 6 heteroatoms. The van der Waals surface area contributed by atoms with Crippen molar-refractivity contribution in [3.05, 3.63) is 40.8 Å². The first-order valence-electron chi connectivity index (χ1n) is 7.18. The fourth-order valence-electron chi connectivity index (χ4n) is 2.98. The lowest BCUT2D eigenvalue weighted by molar-refractivity contribution is 0.0790. The molecule has 2 aromatic rings. The largest absolute Gasteiger partial charge is 0.496 e. The fraction of sp³-hybridized carbons (Fsp3) is 0.438. The van der Waals surface area contributed by atoms with E-state index in [1.54, 1.807) is 14.2 Å². The summed E-state index contributed by atoms with van der Waals surface area (Å²) in [6, 6.07) is 5.60. The van der Waals surface area contributed by atoms with Crippen LogP contribution in [0, 0.1) is 6.92 Å². The van der Waals surface area contributed by atoms with E-state index in [0.29, 0.717) is 25.4 Å². The number of aliphatic hydroxyl groups excluding tert-OH is 1. The molecule has 0 fully saturated rings. The van der Waals surface area contributed by atoms with Gasteiger partial charge in [-0.15, -0.1) is 0 Å². The van der Waals surface area contributed by atoms with Crippen LogP contribution >= 0.6 is 0 Å². The Labute approximate surface area is 129 Å². The van der Waals surface area contributed by atoms with Crippen LogP contribution < -0.4 is 9.47 Å². The molecule has 0 amide bonds. The van der Waals surface area contributed by atoms with Crippen LogP contribution in [0.15, 0.2) is 22.7 Å². The highest BCUT2D eigenvalue weighted by molar-refractivity contribution is 5.51. The number of nitrogens with zero attached hydrogens (tertiary/aromatic N) is 2. The molecule has 1 aromatic carbocycles. The van der Waals surface area contributed by atoms with Gasteiger partial charge in [-0.25, -0.2) is 0 Å². The molecule has 0 bridgehead atoms. The zero-order chi connectivity index (χ0) is 15.7. The van der Waals surface area contributed by atoms with E-state index in [9.17, 15) is 5.11 Å². The predicted octanol–water partition coefficient (Wildman–Crippen LogP) is 2.05. The molecule has 0 unspecified atom stereocenters. The highest BCUT2D eigenvalue weighted by Crippen LogP contribution is 2.39. The molecule has 3 rings (SSSR count). The van der Waals surface area contributed by atoms with Crippen molar-refractivity contribution in [2.45, 2.75) is 26.1 Å². The Morgan fingerprint density at radius 2 is 2.05 bits per heavy atom. The molecule has 0 radical (unpaired) electrons. The average molecular weight is 304 g/mol. The lowest BCUT2D eigenvalue weighted by Gasteiger charge is -2.33. The maximum Gasteiger partial charge on any atom is 0.150 e. The van der Waals surface area contributed by atoms with Crippen molar-refractivity contribution in [3.63, 3.8) is 0 Å². The third-order valence-electron chi connectivity index (χ3n) is 3.92. The minimum atomic E-state index is -0.627. The van der Waals surface area contributed by atoms with Gasteiger partial charge in [-0.1, -0.05) is 5.16 Å². The maximum absolute atomic E-state index is 10.5. The van der Waals surface area contributed by atoms with Gasteiger partial charge in [0.1, 0.15) is 11.5 Å². The number of hydrogen-bond acceptors (Lipinski definition) is 6. The summed E-state index contributed by atoms with van der Waals surface area (Å²) in [5, 5.41) is 14.4. The number of rotatable bonds is 4. The summed E-state index contributed by atoms with van der Waals surface area (Å²) in [5.74, 6) is 2.24. The van der Waals surface area contributed by atoms with Crippen LogP contribution in [0.25, 0.3) is 0 Å². The van der Waals surface area contributed by atoms with Gasteiger partial charge in [0.05, 0.1) is 32.6 Å². The topological polar surface area (TPSA) is 68.0 Å². The van der Waals surface area contributed by atoms with Crippen LogP contribution in [-0.4, -0.2) is 35.9 Å². The summed E-state index contributed by atoms with van der Waals surface area (Å²) in [6.07, 6.45) is -0.627. The number of aryl methyl sites for hydroxylation is 1. The van der Waals surface area contributed by atoms with E-state index < -0.39 is 6.10 Å². The Morgan fingerprint density at radius 3 is 2.68 bits per heavy atom. The van der Waals surface area contributed by atoms with Crippen LogP contribution in [0.5, 0.6) is 11.5 Å². The van der Waals surface area contributed by atoms with Gasteiger partial charge in [-0.2, -0.15) is 0 Å². The third kappa shape index (κ3) is 2.67. The van der Waals surface area contributed by atoms with E-state index in [4.69, 9.17) is 14.0 Å².